The maximum absolute atomic E-state index is 14.4. The molecular formula is C33H43F2N7O8S. The highest BCUT2D eigenvalue weighted by Gasteiger charge is 2.67. The third-order valence-corrected chi connectivity index (χ3v) is 12.2. The molecule has 0 aliphatic heterocycles. The van der Waals surface area contributed by atoms with Crippen molar-refractivity contribution in [3.05, 3.63) is 24.3 Å². The molecule has 1 aromatic heterocycles. The fraction of sp³-hybridized carbons (Fsp3) is 0.667. The predicted octanol–water partition coefficient (Wildman–Crippen LogP) is 2.93. The third-order valence-electron chi connectivity index (χ3n) is 10.4. The van der Waals surface area contributed by atoms with Gasteiger partial charge in [0.15, 0.2) is 5.78 Å². The summed E-state index contributed by atoms with van der Waals surface area (Å²) in [5.41, 5.74) is -2.39. The van der Waals surface area contributed by atoms with Crippen LogP contribution in [0.4, 0.5) is 13.6 Å². The van der Waals surface area contributed by atoms with E-state index in [-0.39, 0.29) is 24.8 Å². The van der Waals surface area contributed by atoms with Crippen molar-refractivity contribution in [1.82, 2.24) is 35.6 Å². The van der Waals surface area contributed by atoms with Crippen molar-refractivity contribution < 1.29 is 45.9 Å². The molecule has 2 aromatic rings. The smallest absolute Gasteiger partial charge is 0.408 e. The zero-order chi connectivity index (χ0) is 36.9. The van der Waals surface area contributed by atoms with Gasteiger partial charge in [-0.3, -0.25) is 19.1 Å². The van der Waals surface area contributed by atoms with Crippen LogP contribution < -0.4 is 20.1 Å². The molecule has 3 amide bonds. The van der Waals surface area contributed by atoms with E-state index in [1.807, 2.05) is 4.72 Å². The molecular weight excluding hydrogens is 692 g/mol. The summed E-state index contributed by atoms with van der Waals surface area (Å²) in [4.78, 5) is 56.0. The lowest BCUT2D eigenvalue weighted by Gasteiger charge is -2.34. The van der Waals surface area contributed by atoms with Crippen molar-refractivity contribution in [1.29, 1.82) is 0 Å². The number of carbonyl (C=O) groups excluding carboxylic acids is 4. The summed E-state index contributed by atoms with van der Waals surface area (Å²) in [5, 5.41) is 17.2. The van der Waals surface area contributed by atoms with Gasteiger partial charge in [-0.25, -0.2) is 22.0 Å². The van der Waals surface area contributed by atoms with Crippen LogP contribution in [0, 0.1) is 23.2 Å². The van der Waals surface area contributed by atoms with E-state index < -0.39 is 92.6 Å². The van der Waals surface area contributed by atoms with Gasteiger partial charge in [0.1, 0.15) is 17.4 Å². The summed E-state index contributed by atoms with van der Waals surface area (Å²) in [6.07, 6.45) is -1.51. The standard InChI is InChI=1S/C33H43F2N7O8S/c1-32(2,3)26(36-31(46)50-20-6-5-7-20)25(43)22-14-18(42-39-28(38-41-42)17-8-10-19(49-4)11-9-17)15-23(22)29(44)37-33(16-24(33)27(34)35)30(45)40-51(47,48)21-12-13-21/h8-11,18,20-24,26-27H,5-7,12-16H2,1-4H3,(H,36,46)(H,37,44)(H,40,45)/t18-,22?,23+,24-,26?,33-/m0/s1. The number of tetrazole rings is 1. The van der Waals surface area contributed by atoms with Crippen LogP contribution in [-0.2, 0) is 29.1 Å². The van der Waals surface area contributed by atoms with Crippen LogP contribution in [0.1, 0.15) is 78.2 Å². The van der Waals surface area contributed by atoms with Crippen LogP contribution in [-0.4, -0.2) is 88.8 Å². The number of sulfonamides is 1. The Morgan fingerprint density at radius 2 is 1.69 bits per heavy atom. The van der Waals surface area contributed by atoms with Gasteiger partial charge in [0.25, 0.3) is 5.91 Å². The fourth-order valence-corrected chi connectivity index (χ4v) is 8.17. The molecule has 0 saturated heterocycles. The average molecular weight is 736 g/mol. The summed E-state index contributed by atoms with van der Waals surface area (Å²) < 4.78 is 65.8. The largest absolute Gasteiger partial charge is 0.497 e. The first-order chi connectivity index (χ1) is 24.0. The molecule has 0 spiro atoms. The number of nitrogens with zero attached hydrogens (tertiary/aromatic N) is 4. The second-order valence-corrected chi connectivity index (χ2v) is 17.0. The van der Waals surface area contributed by atoms with E-state index in [0.29, 0.717) is 37.0 Å². The van der Waals surface area contributed by atoms with Crippen LogP contribution in [0.2, 0.25) is 0 Å². The highest BCUT2D eigenvalue weighted by Crippen LogP contribution is 2.50. The number of aromatic nitrogens is 4. The Labute approximate surface area is 294 Å². The molecule has 0 radical (unpaired) electrons. The molecule has 0 bridgehead atoms. The van der Waals surface area contributed by atoms with Gasteiger partial charge in [-0.05, 0) is 86.3 Å². The van der Waals surface area contributed by atoms with E-state index in [1.54, 1.807) is 45.0 Å². The first-order valence-electron chi connectivity index (χ1n) is 17.1. The average Bonchev–Trinajstić information content (AvgIpc) is 3.94. The van der Waals surface area contributed by atoms with Gasteiger partial charge < -0.3 is 20.1 Å². The molecule has 6 rings (SSSR count). The molecule has 4 fully saturated rings. The number of carbonyl (C=O) groups is 4. The molecule has 4 saturated carbocycles. The van der Waals surface area contributed by atoms with E-state index in [9.17, 15) is 36.4 Å². The first-order valence-corrected chi connectivity index (χ1v) is 18.7. The van der Waals surface area contributed by atoms with Crippen molar-refractivity contribution in [3.63, 3.8) is 0 Å². The van der Waals surface area contributed by atoms with Gasteiger partial charge in [0, 0.05) is 17.4 Å². The number of benzene rings is 1. The number of halogens is 2. The minimum Gasteiger partial charge on any atom is -0.497 e. The zero-order valence-corrected chi connectivity index (χ0v) is 29.6. The second-order valence-electron chi connectivity index (χ2n) is 15.1. The number of nitrogens with one attached hydrogen (secondary N) is 3. The highest BCUT2D eigenvalue weighted by molar-refractivity contribution is 7.91. The van der Waals surface area contributed by atoms with Gasteiger partial charge >= 0.3 is 6.09 Å². The van der Waals surface area contributed by atoms with E-state index in [2.05, 4.69) is 26.0 Å². The van der Waals surface area contributed by atoms with E-state index in [4.69, 9.17) is 9.47 Å². The van der Waals surface area contributed by atoms with Gasteiger partial charge in [0.05, 0.1) is 30.4 Å². The number of amides is 3. The first kappa shape index (κ1) is 36.6. The number of hydrogen-bond acceptors (Lipinski definition) is 11. The number of alkyl carbamates (subject to hydrolysis) is 1. The van der Waals surface area contributed by atoms with Gasteiger partial charge in [-0.15, -0.1) is 10.2 Å². The summed E-state index contributed by atoms with van der Waals surface area (Å²) in [6.45, 7) is 5.24. The lowest BCUT2D eigenvalue weighted by molar-refractivity contribution is -0.137. The normalized spacial score (nSPS) is 26.9. The zero-order valence-electron chi connectivity index (χ0n) is 28.8. The monoisotopic (exact) mass is 735 g/mol. The molecule has 6 atom stereocenters. The Hall–Kier alpha value is -4.22. The van der Waals surface area contributed by atoms with E-state index in [1.165, 1.54) is 11.9 Å². The molecule has 18 heteroatoms. The number of alkyl halides is 2. The minimum atomic E-state index is -4.11. The van der Waals surface area contributed by atoms with Crippen LogP contribution in [0.25, 0.3) is 11.4 Å². The number of ketones is 1. The van der Waals surface area contributed by atoms with Crippen molar-refractivity contribution in [3.8, 4) is 17.1 Å². The summed E-state index contributed by atoms with van der Waals surface area (Å²) >= 11 is 0. The second kappa shape index (κ2) is 13.7. The minimum absolute atomic E-state index is 0.0226. The van der Waals surface area contributed by atoms with Crippen molar-refractivity contribution in [2.75, 3.05) is 7.11 Å². The van der Waals surface area contributed by atoms with Gasteiger partial charge in [-0.2, -0.15) is 4.80 Å². The summed E-state index contributed by atoms with van der Waals surface area (Å²) in [6, 6.07) is 5.15. The van der Waals surface area contributed by atoms with Crippen LogP contribution in [0.15, 0.2) is 24.3 Å². The summed E-state index contributed by atoms with van der Waals surface area (Å²) in [7, 11) is -2.57. The topological polar surface area (TPSA) is 201 Å². The SMILES string of the molecule is COc1ccc(-c2nnn([C@H]3CC(C(=O)C(NC(=O)OC4CCC4)C(C)(C)C)[C@H](C(=O)N[C@@]4(C(=O)NS(=O)(=O)C5CC5)C[C@H]4C(F)F)C3)n2)cc1. The quantitative estimate of drug-likeness (QED) is 0.273. The highest BCUT2D eigenvalue weighted by atomic mass is 32.2. The molecule has 1 heterocycles. The van der Waals surface area contributed by atoms with Gasteiger partial charge in [-0.1, -0.05) is 20.8 Å². The Kier molecular flexibility index (Phi) is 9.84. The molecule has 51 heavy (non-hydrogen) atoms. The Morgan fingerprint density at radius 3 is 2.24 bits per heavy atom. The van der Waals surface area contributed by atoms with Gasteiger partial charge in [0.2, 0.25) is 28.2 Å². The number of rotatable bonds is 13. The lowest BCUT2D eigenvalue weighted by Crippen LogP contribution is -2.56. The predicted molar refractivity (Wildman–Crippen MR) is 176 cm³/mol. The third kappa shape index (κ3) is 7.70. The molecule has 4 aliphatic carbocycles. The molecule has 1 aromatic carbocycles. The molecule has 15 nitrogen and oxygen atoms in total. The molecule has 2 unspecified atom stereocenters. The number of hydrogen-bond donors (Lipinski definition) is 3. The van der Waals surface area contributed by atoms with E-state index >= 15 is 0 Å². The Bertz CT molecular complexity index is 1780. The van der Waals surface area contributed by atoms with Crippen molar-refractivity contribution >= 4 is 33.7 Å². The number of ether oxygens (including phenoxy) is 2. The van der Waals surface area contributed by atoms with Crippen LogP contribution in [0.5, 0.6) is 5.75 Å². The fourth-order valence-electron chi connectivity index (χ4n) is 6.81. The molecule has 3 N–H and O–H groups in total. The summed E-state index contributed by atoms with van der Waals surface area (Å²) in [5.74, 6) is -5.62. The van der Waals surface area contributed by atoms with Crippen LogP contribution >= 0.6 is 0 Å². The van der Waals surface area contributed by atoms with Crippen LogP contribution in [0.3, 0.4) is 0 Å². The maximum atomic E-state index is 14.4. The molecule has 4 aliphatic rings. The Morgan fingerprint density at radius 1 is 1.02 bits per heavy atom. The lowest BCUT2D eigenvalue weighted by atomic mass is 9.77. The number of Topliss-reactive ketones (excluding diaryl/α,β-unsaturated/α-hetero) is 1. The van der Waals surface area contributed by atoms with Crippen molar-refractivity contribution in [2.24, 2.45) is 23.2 Å². The van der Waals surface area contributed by atoms with Crippen molar-refractivity contribution in [2.45, 2.75) is 108 Å². The number of methoxy groups -OCH3 is 1. The van der Waals surface area contributed by atoms with E-state index in [0.717, 1.165) is 6.42 Å². The maximum Gasteiger partial charge on any atom is 0.408 e. The molecule has 278 valence electrons. The Balaban J connectivity index is 1.27.